The number of amides is 2. The fraction of sp³-hybridized carbons (Fsp3) is 0.294. The Morgan fingerprint density at radius 3 is 2.64 bits per heavy atom. The van der Waals surface area contributed by atoms with Gasteiger partial charge in [-0.05, 0) is 42.7 Å². The van der Waals surface area contributed by atoms with Crippen LogP contribution < -0.4 is 16.2 Å². The lowest BCUT2D eigenvalue weighted by atomic mass is 9.95. The Balaban J connectivity index is 2.07. The van der Waals surface area contributed by atoms with E-state index < -0.39 is 17.4 Å². The molecule has 0 saturated carbocycles. The number of H-pyrrole nitrogens is 1. The van der Waals surface area contributed by atoms with E-state index in [0.717, 1.165) is 11.1 Å². The van der Waals surface area contributed by atoms with Gasteiger partial charge in [0.25, 0.3) is 11.5 Å². The van der Waals surface area contributed by atoms with Crippen LogP contribution in [-0.2, 0) is 11.2 Å². The molecule has 0 radical (unpaired) electrons. The fourth-order valence-corrected chi connectivity index (χ4v) is 2.39. The van der Waals surface area contributed by atoms with Crippen molar-refractivity contribution in [2.24, 2.45) is 5.92 Å². The smallest absolute Gasteiger partial charge is 0.271 e. The number of hydrogen-bond acceptors (Lipinski definition) is 4. The molecule has 0 aliphatic rings. The fourth-order valence-electron chi connectivity index (χ4n) is 2.39. The molecule has 0 saturated heterocycles. The Hall–Kier alpha value is -3.03. The Bertz CT molecular complexity index is 814. The van der Waals surface area contributed by atoms with Crippen molar-refractivity contribution in [3.05, 3.63) is 63.3 Å². The maximum atomic E-state index is 13.2. The number of carbonyl (C=O) groups is 2. The Labute approximate surface area is 143 Å². The van der Waals surface area contributed by atoms with E-state index in [4.69, 9.17) is 0 Å². The summed E-state index contributed by atoms with van der Waals surface area (Å²) >= 11 is 0. The maximum Gasteiger partial charge on any atom is 0.271 e. The van der Waals surface area contributed by atoms with E-state index in [2.05, 4.69) is 20.8 Å². The Morgan fingerprint density at radius 2 is 2.04 bits per heavy atom. The van der Waals surface area contributed by atoms with Gasteiger partial charge in [0.05, 0.1) is 5.92 Å². The number of carbonyl (C=O) groups excluding carboxylic acids is 2. The van der Waals surface area contributed by atoms with E-state index in [-0.39, 0.29) is 24.0 Å². The van der Waals surface area contributed by atoms with Gasteiger partial charge in [0.1, 0.15) is 11.5 Å². The Kier molecular flexibility index (Phi) is 5.99. The van der Waals surface area contributed by atoms with Gasteiger partial charge in [-0.15, -0.1) is 0 Å². The van der Waals surface area contributed by atoms with Crippen LogP contribution >= 0.6 is 0 Å². The average molecular weight is 346 g/mol. The molecule has 2 amide bonds. The highest BCUT2D eigenvalue weighted by atomic mass is 19.1. The quantitative estimate of drug-likeness (QED) is 0.710. The number of aromatic nitrogens is 2. The number of rotatable bonds is 6. The summed E-state index contributed by atoms with van der Waals surface area (Å²) in [4.78, 5) is 35.1. The van der Waals surface area contributed by atoms with Crippen molar-refractivity contribution in [3.63, 3.8) is 0 Å². The highest BCUT2D eigenvalue weighted by molar-refractivity contribution is 5.92. The zero-order valence-corrected chi connectivity index (χ0v) is 13.9. The van der Waals surface area contributed by atoms with E-state index in [1.807, 2.05) is 0 Å². The van der Waals surface area contributed by atoms with E-state index >= 15 is 0 Å². The summed E-state index contributed by atoms with van der Waals surface area (Å²) in [6.07, 6.45) is 0.352. The summed E-state index contributed by atoms with van der Waals surface area (Å²) in [6, 6.07) is 6.87. The molecule has 3 N–H and O–H groups in total. The number of hydrogen-bond donors (Lipinski definition) is 3. The number of aryl methyl sites for hydroxylation is 1. The van der Waals surface area contributed by atoms with Crippen molar-refractivity contribution in [1.82, 2.24) is 20.8 Å². The van der Waals surface area contributed by atoms with Gasteiger partial charge in [0.2, 0.25) is 5.91 Å². The van der Waals surface area contributed by atoms with E-state index in [0.29, 0.717) is 6.42 Å². The lowest BCUT2D eigenvalue weighted by Crippen LogP contribution is -2.39. The van der Waals surface area contributed by atoms with Crippen molar-refractivity contribution < 1.29 is 14.0 Å². The molecular weight excluding hydrogens is 327 g/mol. The normalized spacial score (nSPS) is 11.6. The van der Waals surface area contributed by atoms with Crippen molar-refractivity contribution in [3.8, 4) is 0 Å². The third-order valence-electron chi connectivity index (χ3n) is 3.81. The molecule has 0 aliphatic heterocycles. The zero-order chi connectivity index (χ0) is 18.4. The molecule has 8 heteroatoms. The number of nitrogens with one attached hydrogen (secondary N) is 3. The first kappa shape index (κ1) is 18.3. The van der Waals surface area contributed by atoms with Gasteiger partial charge >= 0.3 is 0 Å². The van der Waals surface area contributed by atoms with Crippen LogP contribution in [0, 0.1) is 18.7 Å². The van der Waals surface area contributed by atoms with Gasteiger partial charge in [-0.2, -0.15) is 5.10 Å². The number of halogens is 1. The lowest BCUT2D eigenvalue weighted by Gasteiger charge is -2.17. The first-order chi connectivity index (χ1) is 11.9. The van der Waals surface area contributed by atoms with Crippen molar-refractivity contribution in [2.75, 3.05) is 13.6 Å². The standard InChI is InChI=1S/C17H19FN4O3/c1-10-7-13(18)4-3-11(10)8-12(16(24)19-2)9-20-17(25)14-5-6-15(23)22-21-14/h3-7,12H,8-9H2,1-2H3,(H,19,24)(H,20,25)(H,22,23). The van der Waals surface area contributed by atoms with Crippen molar-refractivity contribution >= 4 is 11.8 Å². The van der Waals surface area contributed by atoms with Crippen molar-refractivity contribution in [2.45, 2.75) is 13.3 Å². The van der Waals surface area contributed by atoms with Crippen LogP contribution in [0.3, 0.4) is 0 Å². The molecule has 0 bridgehead atoms. The summed E-state index contributed by atoms with van der Waals surface area (Å²) < 4.78 is 13.2. The minimum Gasteiger partial charge on any atom is -0.359 e. The monoisotopic (exact) mass is 346 g/mol. The molecule has 1 heterocycles. The SMILES string of the molecule is CNC(=O)C(CNC(=O)c1ccc(=O)[nH]n1)Cc1ccc(F)cc1C. The zero-order valence-electron chi connectivity index (χ0n) is 13.9. The molecule has 0 aliphatic carbocycles. The third-order valence-corrected chi connectivity index (χ3v) is 3.81. The van der Waals surface area contributed by atoms with Crippen LogP contribution in [0.25, 0.3) is 0 Å². The summed E-state index contributed by atoms with van der Waals surface area (Å²) in [5.41, 5.74) is 1.20. The highest BCUT2D eigenvalue weighted by Crippen LogP contribution is 2.15. The number of nitrogens with zero attached hydrogens (tertiary/aromatic N) is 1. The van der Waals surface area contributed by atoms with Crippen LogP contribution in [0.15, 0.2) is 35.1 Å². The first-order valence-corrected chi connectivity index (χ1v) is 7.71. The largest absolute Gasteiger partial charge is 0.359 e. The molecule has 25 heavy (non-hydrogen) atoms. The van der Waals surface area contributed by atoms with Gasteiger partial charge in [-0.25, -0.2) is 9.49 Å². The molecule has 1 atom stereocenters. The van der Waals surface area contributed by atoms with Crippen LogP contribution in [0.1, 0.15) is 21.6 Å². The third kappa shape index (κ3) is 4.97. The van der Waals surface area contributed by atoms with Gasteiger partial charge in [0, 0.05) is 19.7 Å². The second kappa shape index (κ2) is 8.18. The molecule has 2 rings (SSSR count). The average Bonchev–Trinajstić information content (AvgIpc) is 2.60. The summed E-state index contributed by atoms with van der Waals surface area (Å²) in [5, 5.41) is 11.0. The molecule has 132 valence electrons. The molecule has 2 aromatic rings. The number of benzene rings is 1. The maximum absolute atomic E-state index is 13.2. The first-order valence-electron chi connectivity index (χ1n) is 7.71. The molecule has 0 spiro atoms. The van der Waals surface area contributed by atoms with Gasteiger partial charge < -0.3 is 10.6 Å². The van der Waals surface area contributed by atoms with Gasteiger partial charge in [-0.1, -0.05) is 6.07 Å². The van der Waals surface area contributed by atoms with E-state index in [9.17, 15) is 18.8 Å². The molecule has 1 aromatic carbocycles. The van der Waals surface area contributed by atoms with Crippen LogP contribution in [0.2, 0.25) is 0 Å². The summed E-state index contributed by atoms with van der Waals surface area (Å²) in [5.74, 6) is -1.60. The van der Waals surface area contributed by atoms with Gasteiger partial charge in [-0.3, -0.25) is 14.4 Å². The topological polar surface area (TPSA) is 104 Å². The van der Waals surface area contributed by atoms with Crippen LogP contribution in [-0.4, -0.2) is 35.6 Å². The van der Waals surface area contributed by atoms with Crippen LogP contribution in [0.4, 0.5) is 4.39 Å². The minimum atomic E-state index is -0.527. The Morgan fingerprint density at radius 1 is 1.28 bits per heavy atom. The second-order valence-corrected chi connectivity index (χ2v) is 5.60. The van der Waals surface area contributed by atoms with Crippen LogP contribution in [0.5, 0.6) is 0 Å². The molecule has 1 unspecified atom stereocenters. The molecule has 0 fully saturated rings. The second-order valence-electron chi connectivity index (χ2n) is 5.60. The molecule has 1 aromatic heterocycles. The predicted molar refractivity (Wildman–Crippen MR) is 89.6 cm³/mol. The van der Waals surface area contributed by atoms with Crippen molar-refractivity contribution in [1.29, 1.82) is 0 Å². The molecular formula is C17H19FN4O3. The molecule has 7 nitrogen and oxygen atoms in total. The predicted octanol–water partition coefficient (Wildman–Crippen LogP) is 0.552. The summed E-state index contributed by atoms with van der Waals surface area (Å²) in [7, 11) is 1.51. The lowest BCUT2D eigenvalue weighted by molar-refractivity contribution is -0.124. The summed E-state index contributed by atoms with van der Waals surface area (Å²) in [6.45, 7) is 1.85. The van der Waals surface area contributed by atoms with E-state index in [1.54, 1.807) is 13.0 Å². The van der Waals surface area contributed by atoms with E-state index in [1.165, 1.54) is 31.3 Å². The highest BCUT2D eigenvalue weighted by Gasteiger charge is 2.20. The van der Waals surface area contributed by atoms with Gasteiger partial charge in [0.15, 0.2) is 0 Å². The minimum absolute atomic E-state index is 0.0493. The number of aromatic amines is 1.